The van der Waals surface area contributed by atoms with Crippen LogP contribution in [0.5, 0.6) is 0 Å². The van der Waals surface area contributed by atoms with E-state index in [0.717, 1.165) is 0 Å². The van der Waals surface area contributed by atoms with E-state index in [1.54, 1.807) is 18.2 Å². The van der Waals surface area contributed by atoms with E-state index in [9.17, 15) is 14.4 Å². The molecule has 0 saturated carbocycles. The Labute approximate surface area is 135 Å². The molecule has 0 atom stereocenters. The van der Waals surface area contributed by atoms with Crippen LogP contribution in [0.1, 0.15) is 11.1 Å². The number of aromatic amines is 1. The predicted octanol–water partition coefficient (Wildman–Crippen LogP) is 3.11. The van der Waals surface area contributed by atoms with Crippen LogP contribution in [-0.2, 0) is 4.74 Å². The number of imidazole rings is 1. The van der Waals surface area contributed by atoms with Gasteiger partial charge in [0.25, 0.3) is 0 Å². The number of halogens is 1. The largest absolute Gasteiger partial charge is 0.453 e. The normalized spacial score (nSPS) is 11.5. The number of methoxy groups -OCH3 is 1. The number of fused-ring (bicyclic) bond motifs is 1. The Morgan fingerprint density at radius 3 is 2.62 bits per heavy atom. The third-order valence-electron chi connectivity index (χ3n) is 3.38. The van der Waals surface area contributed by atoms with Crippen LogP contribution in [0, 0.1) is 5.82 Å². The number of oxime groups is 1. The number of rotatable bonds is 3. The fourth-order valence-corrected chi connectivity index (χ4v) is 2.25. The first kappa shape index (κ1) is 15.5. The molecule has 1 heterocycles. The van der Waals surface area contributed by atoms with E-state index < -0.39 is 6.09 Å². The van der Waals surface area contributed by atoms with Crippen molar-refractivity contribution in [1.29, 1.82) is 0 Å². The van der Waals surface area contributed by atoms with Gasteiger partial charge in [-0.05, 0) is 36.4 Å². The number of carbonyl (C=O) groups is 1. The summed E-state index contributed by atoms with van der Waals surface area (Å²) in [5, 5.41) is 15.1. The zero-order valence-electron chi connectivity index (χ0n) is 12.6. The van der Waals surface area contributed by atoms with E-state index in [2.05, 4.69) is 25.2 Å². The van der Waals surface area contributed by atoms with Crippen LogP contribution in [0.3, 0.4) is 0 Å². The highest BCUT2D eigenvalue weighted by atomic mass is 19.1. The number of hydrogen-bond donors (Lipinski definition) is 3. The summed E-state index contributed by atoms with van der Waals surface area (Å²) in [5.74, 6) is -0.142. The van der Waals surface area contributed by atoms with Gasteiger partial charge in [0.15, 0.2) is 0 Å². The molecule has 7 nitrogen and oxygen atoms in total. The molecule has 0 radical (unpaired) electrons. The highest BCUT2D eigenvalue weighted by Crippen LogP contribution is 2.19. The average molecular weight is 328 g/mol. The lowest BCUT2D eigenvalue weighted by molar-refractivity contribution is 0.186. The number of nitrogens with one attached hydrogen (secondary N) is 2. The molecule has 1 amide bonds. The van der Waals surface area contributed by atoms with Crippen molar-refractivity contribution in [2.45, 2.75) is 0 Å². The molecule has 0 aliphatic heterocycles. The molecule has 24 heavy (non-hydrogen) atoms. The highest BCUT2D eigenvalue weighted by Gasteiger charge is 2.12. The van der Waals surface area contributed by atoms with Crippen molar-refractivity contribution in [2.24, 2.45) is 5.16 Å². The van der Waals surface area contributed by atoms with E-state index in [0.29, 0.717) is 22.2 Å². The minimum Gasteiger partial charge on any atom is -0.453 e. The van der Waals surface area contributed by atoms with Gasteiger partial charge in [-0.3, -0.25) is 5.32 Å². The van der Waals surface area contributed by atoms with Crippen LogP contribution in [0.15, 0.2) is 47.6 Å². The zero-order valence-corrected chi connectivity index (χ0v) is 12.6. The second-order valence-electron chi connectivity index (χ2n) is 4.89. The number of ether oxygens (including phenoxy) is 1. The Bertz CT molecular complexity index is 919. The SMILES string of the molecule is COC(=O)Nc1nc2ccc(C(=NO)c3ccc(F)cc3)cc2[nH]1. The van der Waals surface area contributed by atoms with E-state index in [4.69, 9.17) is 0 Å². The Balaban J connectivity index is 1.97. The maximum absolute atomic E-state index is 13.0. The Kier molecular flexibility index (Phi) is 4.11. The molecule has 3 rings (SSSR count). The van der Waals surface area contributed by atoms with Crippen LogP contribution in [0.25, 0.3) is 11.0 Å². The molecule has 0 saturated heterocycles. The highest BCUT2D eigenvalue weighted by molar-refractivity contribution is 6.13. The molecule has 0 unspecified atom stereocenters. The lowest BCUT2D eigenvalue weighted by atomic mass is 10.0. The summed E-state index contributed by atoms with van der Waals surface area (Å²) in [6.45, 7) is 0. The number of hydrogen-bond acceptors (Lipinski definition) is 5. The zero-order chi connectivity index (χ0) is 17.1. The minimum absolute atomic E-state index is 0.235. The van der Waals surface area contributed by atoms with Crippen molar-refractivity contribution in [1.82, 2.24) is 9.97 Å². The summed E-state index contributed by atoms with van der Waals surface area (Å²) in [5.41, 5.74) is 2.69. The molecule has 0 spiro atoms. The molecule has 0 fully saturated rings. The number of amides is 1. The van der Waals surface area contributed by atoms with Crippen molar-refractivity contribution in [2.75, 3.05) is 12.4 Å². The molecule has 0 aliphatic carbocycles. The molecule has 0 bridgehead atoms. The summed E-state index contributed by atoms with van der Waals surface area (Å²) < 4.78 is 17.5. The van der Waals surface area contributed by atoms with Gasteiger partial charge in [-0.1, -0.05) is 11.2 Å². The Morgan fingerprint density at radius 1 is 1.25 bits per heavy atom. The minimum atomic E-state index is -0.641. The summed E-state index contributed by atoms with van der Waals surface area (Å²) >= 11 is 0. The number of carbonyl (C=O) groups excluding carboxylic acids is 1. The topological polar surface area (TPSA) is 99.6 Å². The maximum Gasteiger partial charge on any atom is 0.413 e. The van der Waals surface area contributed by atoms with Crippen LogP contribution in [0.2, 0.25) is 0 Å². The molecular formula is C16H13FN4O3. The van der Waals surface area contributed by atoms with Crippen LogP contribution >= 0.6 is 0 Å². The van der Waals surface area contributed by atoms with Gasteiger partial charge >= 0.3 is 6.09 Å². The second kappa shape index (κ2) is 6.37. The van der Waals surface area contributed by atoms with Gasteiger partial charge < -0.3 is 14.9 Å². The van der Waals surface area contributed by atoms with Crippen LogP contribution in [0.4, 0.5) is 15.1 Å². The number of H-pyrrole nitrogens is 1. The van der Waals surface area contributed by atoms with Crippen LogP contribution in [-0.4, -0.2) is 34.1 Å². The fourth-order valence-electron chi connectivity index (χ4n) is 2.25. The van der Waals surface area contributed by atoms with E-state index in [1.807, 2.05) is 0 Å². The molecule has 8 heteroatoms. The summed E-state index contributed by atoms with van der Waals surface area (Å²) in [7, 11) is 1.25. The van der Waals surface area contributed by atoms with Crippen molar-refractivity contribution < 1.29 is 19.1 Å². The van der Waals surface area contributed by atoms with Gasteiger partial charge in [-0.2, -0.15) is 0 Å². The molecule has 3 aromatic rings. The standard InChI is InChI=1S/C16H13FN4O3/c1-24-16(22)20-15-18-12-7-4-10(8-13(12)19-15)14(21-23)9-2-5-11(17)6-3-9/h2-8,23H,1H3,(H2,18,19,20,22). The van der Waals surface area contributed by atoms with Crippen molar-refractivity contribution in [3.05, 3.63) is 59.4 Å². The second-order valence-corrected chi connectivity index (χ2v) is 4.89. The first-order valence-electron chi connectivity index (χ1n) is 6.94. The quantitative estimate of drug-likeness (QED) is 0.391. The molecule has 2 aromatic carbocycles. The first-order chi connectivity index (χ1) is 11.6. The molecule has 1 aromatic heterocycles. The van der Waals surface area contributed by atoms with E-state index >= 15 is 0 Å². The van der Waals surface area contributed by atoms with Gasteiger partial charge in [-0.15, -0.1) is 0 Å². The van der Waals surface area contributed by atoms with Gasteiger partial charge in [0.1, 0.15) is 11.5 Å². The van der Waals surface area contributed by atoms with Gasteiger partial charge in [0.2, 0.25) is 5.95 Å². The number of nitrogens with zero attached hydrogens (tertiary/aromatic N) is 2. The van der Waals surface area contributed by atoms with Crippen LogP contribution < -0.4 is 5.32 Å². The number of anilines is 1. The van der Waals surface area contributed by atoms with Crippen molar-refractivity contribution >= 4 is 28.8 Å². The third-order valence-corrected chi connectivity index (χ3v) is 3.38. The first-order valence-corrected chi connectivity index (χ1v) is 6.94. The average Bonchev–Trinajstić information content (AvgIpc) is 2.98. The lowest BCUT2D eigenvalue weighted by Crippen LogP contribution is -2.11. The fraction of sp³-hybridized carbons (Fsp3) is 0.0625. The predicted molar refractivity (Wildman–Crippen MR) is 85.9 cm³/mol. The monoisotopic (exact) mass is 328 g/mol. The number of aromatic nitrogens is 2. The smallest absolute Gasteiger partial charge is 0.413 e. The number of benzene rings is 2. The van der Waals surface area contributed by atoms with Crippen molar-refractivity contribution in [3.63, 3.8) is 0 Å². The molecule has 122 valence electrons. The summed E-state index contributed by atoms with van der Waals surface area (Å²) in [6.07, 6.45) is -0.641. The summed E-state index contributed by atoms with van der Waals surface area (Å²) in [6, 6.07) is 10.7. The molecular weight excluding hydrogens is 315 g/mol. The molecule has 0 aliphatic rings. The summed E-state index contributed by atoms with van der Waals surface area (Å²) in [4.78, 5) is 18.3. The van der Waals surface area contributed by atoms with Gasteiger partial charge in [0, 0.05) is 11.1 Å². The van der Waals surface area contributed by atoms with E-state index in [1.165, 1.54) is 31.4 Å². The Morgan fingerprint density at radius 2 is 1.96 bits per heavy atom. The van der Waals surface area contributed by atoms with Gasteiger partial charge in [-0.25, -0.2) is 14.2 Å². The lowest BCUT2D eigenvalue weighted by Gasteiger charge is -2.05. The van der Waals surface area contributed by atoms with Gasteiger partial charge in [0.05, 0.1) is 18.1 Å². The maximum atomic E-state index is 13.0. The Hall–Kier alpha value is -3.42. The van der Waals surface area contributed by atoms with E-state index in [-0.39, 0.29) is 17.5 Å². The third kappa shape index (κ3) is 3.02. The van der Waals surface area contributed by atoms with Crippen molar-refractivity contribution in [3.8, 4) is 0 Å². The molecule has 3 N–H and O–H groups in total.